The summed E-state index contributed by atoms with van der Waals surface area (Å²) in [7, 11) is 0. The molecule has 1 aromatic carbocycles. The van der Waals surface area contributed by atoms with E-state index in [4.69, 9.17) is 0 Å². The summed E-state index contributed by atoms with van der Waals surface area (Å²) >= 11 is 0. The normalized spacial score (nSPS) is 26.2. The zero-order valence-electron chi connectivity index (χ0n) is 8.13. The minimum Gasteiger partial charge on any atom is -0.294 e. The van der Waals surface area contributed by atoms with Gasteiger partial charge in [0.15, 0.2) is 5.78 Å². The fourth-order valence-corrected chi connectivity index (χ4v) is 2.11. The van der Waals surface area contributed by atoms with E-state index < -0.39 is 0 Å². The molecule has 0 fully saturated rings. The van der Waals surface area contributed by atoms with Gasteiger partial charge in [0, 0.05) is 17.4 Å². The van der Waals surface area contributed by atoms with Gasteiger partial charge < -0.3 is 0 Å². The van der Waals surface area contributed by atoms with Gasteiger partial charge in [-0.05, 0) is 12.0 Å². The van der Waals surface area contributed by atoms with Crippen LogP contribution in [0.25, 0.3) is 0 Å². The fraction of sp³-hybridized carbons (Fsp3) is 0.417. The summed E-state index contributed by atoms with van der Waals surface area (Å²) in [5.41, 5.74) is 2.27. The minimum atomic E-state index is 0.0909. The van der Waals surface area contributed by atoms with Crippen molar-refractivity contribution in [1.29, 1.82) is 0 Å². The van der Waals surface area contributed by atoms with Crippen molar-refractivity contribution in [3.05, 3.63) is 35.4 Å². The summed E-state index contributed by atoms with van der Waals surface area (Å²) in [6, 6.07) is 7.99. The van der Waals surface area contributed by atoms with E-state index in [-0.39, 0.29) is 5.41 Å². The molecule has 1 aliphatic carbocycles. The number of carbonyl (C=O) groups is 1. The first-order chi connectivity index (χ1) is 6.17. The van der Waals surface area contributed by atoms with E-state index in [0.29, 0.717) is 12.2 Å². The third-order valence-corrected chi connectivity index (χ3v) is 3.21. The molecular formula is C12H14O. The van der Waals surface area contributed by atoms with Gasteiger partial charge in [-0.2, -0.15) is 0 Å². The number of carbonyl (C=O) groups excluding carboxylic acids is 1. The molecule has 0 N–H and O–H groups in total. The minimum absolute atomic E-state index is 0.0909. The summed E-state index contributed by atoms with van der Waals surface area (Å²) in [6.45, 7) is 4.33. The first-order valence-electron chi connectivity index (χ1n) is 4.80. The maximum atomic E-state index is 11.6. The molecule has 0 spiro atoms. The molecule has 0 amide bonds. The van der Waals surface area contributed by atoms with Crippen LogP contribution in [0, 0.1) is 0 Å². The Morgan fingerprint density at radius 1 is 1.38 bits per heavy atom. The number of rotatable bonds is 1. The van der Waals surface area contributed by atoms with Gasteiger partial charge in [-0.3, -0.25) is 4.79 Å². The average molecular weight is 174 g/mol. The molecule has 68 valence electrons. The number of fused-ring (bicyclic) bond motifs is 1. The van der Waals surface area contributed by atoms with E-state index >= 15 is 0 Å². The van der Waals surface area contributed by atoms with Crippen LogP contribution < -0.4 is 0 Å². The fourth-order valence-electron chi connectivity index (χ4n) is 2.11. The first kappa shape index (κ1) is 8.49. The first-order valence-corrected chi connectivity index (χ1v) is 4.80. The lowest BCUT2D eigenvalue weighted by molar-refractivity contribution is 0.0975. The van der Waals surface area contributed by atoms with Crippen molar-refractivity contribution in [1.82, 2.24) is 0 Å². The average Bonchev–Trinajstić information content (AvgIpc) is 2.42. The largest absolute Gasteiger partial charge is 0.294 e. The number of benzene rings is 1. The summed E-state index contributed by atoms with van der Waals surface area (Å²) < 4.78 is 0. The Balaban J connectivity index is 2.59. The summed E-state index contributed by atoms with van der Waals surface area (Å²) in [4.78, 5) is 11.6. The molecule has 1 nitrogen and oxygen atoms in total. The molecule has 2 rings (SSSR count). The number of Topliss-reactive ketones (excluding diaryl/α,β-unsaturated/α-hetero) is 1. The predicted molar refractivity (Wildman–Crippen MR) is 53.0 cm³/mol. The Morgan fingerprint density at radius 2 is 2.08 bits per heavy atom. The van der Waals surface area contributed by atoms with Gasteiger partial charge in [-0.25, -0.2) is 0 Å². The number of hydrogen-bond acceptors (Lipinski definition) is 1. The second-order valence-corrected chi connectivity index (χ2v) is 4.06. The van der Waals surface area contributed by atoms with Crippen LogP contribution in [0.2, 0.25) is 0 Å². The molecule has 1 atom stereocenters. The second-order valence-electron chi connectivity index (χ2n) is 4.06. The van der Waals surface area contributed by atoms with Crippen LogP contribution in [0.15, 0.2) is 24.3 Å². The van der Waals surface area contributed by atoms with Gasteiger partial charge in [0.1, 0.15) is 0 Å². The molecule has 1 aliphatic rings. The molecule has 0 aliphatic heterocycles. The van der Waals surface area contributed by atoms with Crippen LogP contribution in [0.3, 0.4) is 0 Å². The maximum Gasteiger partial charge on any atom is 0.164 e. The summed E-state index contributed by atoms with van der Waals surface area (Å²) in [6.07, 6.45) is 1.72. The smallest absolute Gasteiger partial charge is 0.164 e. The maximum absolute atomic E-state index is 11.6. The van der Waals surface area contributed by atoms with E-state index in [1.165, 1.54) is 5.56 Å². The van der Waals surface area contributed by atoms with Crippen LogP contribution in [0.1, 0.15) is 42.6 Å². The lowest BCUT2D eigenvalue weighted by atomic mass is 9.82. The SMILES string of the molecule is CC[C@@]1(C)CC(=O)c2ccccc21. The van der Waals surface area contributed by atoms with Gasteiger partial charge in [-0.15, -0.1) is 0 Å². The monoisotopic (exact) mass is 174 g/mol. The lowest BCUT2D eigenvalue weighted by Gasteiger charge is -2.21. The predicted octanol–water partition coefficient (Wildman–Crippen LogP) is 2.94. The molecule has 0 saturated carbocycles. The number of ketones is 1. The summed E-state index contributed by atoms with van der Waals surface area (Å²) in [5.74, 6) is 0.306. The van der Waals surface area contributed by atoms with Crippen LogP contribution in [0.5, 0.6) is 0 Å². The highest BCUT2D eigenvalue weighted by Gasteiger charge is 2.37. The molecule has 0 heterocycles. The highest BCUT2D eigenvalue weighted by molar-refractivity contribution is 6.02. The molecule has 1 heteroatoms. The van der Waals surface area contributed by atoms with Crippen molar-refractivity contribution in [3.63, 3.8) is 0 Å². The van der Waals surface area contributed by atoms with Gasteiger partial charge in [0.05, 0.1) is 0 Å². The van der Waals surface area contributed by atoms with E-state index in [9.17, 15) is 4.79 Å². The Bertz CT molecular complexity index is 354. The Hall–Kier alpha value is -1.11. The third-order valence-electron chi connectivity index (χ3n) is 3.21. The van der Waals surface area contributed by atoms with Crippen LogP contribution in [0.4, 0.5) is 0 Å². The van der Waals surface area contributed by atoms with Crippen molar-refractivity contribution in [2.24, 2.45) is 0 Å². The zero-order chi connectivity index (χ0) is 9.47. The van der Waals surface area contributed by atoms with Crippen LogP contribution >= 0.6 is 0 Å². The number of hydrogen-bond donors (Lipinski definition) is 0. The zero-order valence-corrected chi connectivity index (χ0v) is 8.13. The standard InChI is InChI=1S/C12H14O/c1-3-12(2)8-11(13)9-6-4-5-7-10(9)12/h4-7H,3,8H2,1-2H3/t12-/m0/s1. The molecule has 0 bridgehead atoms. The van der Waals surface area contributed by atoms with Crippen LogP contribution in [-0.4, -0.2) is 5.78 Å². The van der Waals surface area contributed by atoms with E-state index in [2.05, 4.69) is 19.9 Å². The molecule has 0 saturated heterocycles. The lowest BCUT2D eigenvalue weighted by Crippen LogP contribution is -2.16. The molecule has 0 aromatic heterocycles. The third kappa shape index (κ3) is 1.11. The van der Waals surface area contributed by atoms with Crippen molar-refractivity contribution >= 4 is 5.78 Å². The van der Waals surface area contributed by atoms with Crippen molar-refractivity contribution in [2.75, 3.05) is 0 Å². The molecule has 1 aromatic rings. The Labute approximate surface area is 78.8 Å². The molecule has 13 heavy (non-hydrogen) atoms. The highest BCUT2D eigenvalue weighted by Crippen LogP contribution is 2.40. The van der Waals surface area contributed by atoms with Gasteiger partial charge in [0.2, 0.25) is 0 Å². The van der Waals surface area contributed by atoms with Crippen molar-refractivity contribution in [3.8, 4) is 0 Å². The quantitative estimate of drug-likeness (QED) is 0.639. The topological polar surface area (TPSA) is 17.1 Å². The Kier molecular flexibility index (Phi) is 1.76. The van der Waals surface area contributed by atoms with Gasteiger partial charge in [0.25, 0.3) is 0 Å². The molecular weight excluding hydrogens is 160 g/mol. The Morgan fingerprint density at radius 3 is 2.77 bits per heavy atom. The van der Waals surface area contributed by atoms with Crippen LogP contribution in [-0.2, 0) is 5.41 Å². The van der Waals surface area contributed by atoms with Gasteiger partial charge >= 0.3 is 0 Å². The van der Waals surface area contributed by atoms with E-state index in [1.807, 2.05) is 18.2 Å². The second kappa shape index (κ2) is 2.69. The van der Waals surface area contributed by atoms with Crippen molar-refractivity contribution in [2.45, 2.75) is 32.1 Å². The van der Waals surface area contributed by atoms with E-state index in [0.717, 1.165) is 12.0 Å². The highest BCUT2D eigenvalue weighted by atomic mass is 16.1. The van der Waals surface area contributed by atoms with E-state index in [1.54, 1.807) is 0 Å². The molecule has 0 unspecified atom stereocenters. The summed E-state index contributed by atoms with van der Waals surface area (Å²) in [5, 5.41) is 0. The van der Waals surface area contributed by atoms with Crippen molar-refractivity contribution < 1.29 is 4.79 Å². The molecule has 0 radical (unpaired) electrons. The van der Waals surface area contributed by atoms with Gasteiger partial charge in [-0.1, -0.05) is 38.1 Å².